The Morgan fingerprint density at radius 3 is 2.41 bits per heavy atom. The van der Waals surface area contributed by atoms with Crippen LogP contribution in [0.4, 0.5) is 5.82 Å². The van der Waals surface area contributed by atoms with Crippen molar-refractivity contribution in [2.45, 2.75) is 6.92 Å². The predicted molar refractivity (Wildman–Crippen MR) is 69.7 cm³/mol. The summed E-state index contributed by atoms with van der Waals surface area (Å²) in [6.45, 7) is 1.57. The number of nitrogens with zero attached hydrogens (tertiary/aromatic N) is 3. The molecule has 2 rings (SSSR count). The summed E-state index contributed by atoms with van der Waals surface area (Å²) >= 11 is 1.44. The molecule has 0 N–H and O–H groups in total. The van der Waals surface area contributed by atoms with Gasteiger partial charge in [0.25, 0.3) is 0 Å². The van der Waals surface area contributed by atoms with Gasteiger partial charge in [-0.2, -0.15) is 0 Å². The van der Waals surface area contributed by atoms with E-state index in [-0.39, 0.29) is 5.78 Å². The van der Waals surface area contributed by atoms with E-state index in [1.165, 1.54) is 11.3 Å². The highest BCUT2D eigenvalue weighted by Crippen LogP contribution is 2.26. The second-order valence-electron chi connectivity index (χ2n) is 3.89. The SMILES string of the molecule is CC(=O)c1ccc(-c2ccc(N(C)C)nn2)s1. The summed E-state index contributed by atoms with van der Waals surface area (Å²) in [5, 5.41) is 8.26. The van der Waals surface area contributed by atoms with Crippen molar-refractivity contribution in [2.24, 2.45) is 0 Å². The zero-order valence-electron chi connectivity index (χ0n) is 9.97. The van der Waals surface area contributed by atoms with E-state index in [0.29, 0.717) is 0 Å². The van der Waals surface area contributed by atoms with E-state index >= 15 is 0 Å². The van der Waals surface area contributed by atoms with E-state index in [0.717, 1.165) is 21.3 Å². The van der Waals surface area contributed by atoms with Crippen molar-refractivity contribution >= 4 is 22.9 Å². The Bertz CT molecular complexity index is 531. The minimum absolute atomic E-state index is 0.0825. The Kier molecular flexibility index (Phi) is 3.19. The Labute approximate surface area is 104 Å². The largest absolute Gasteiger partial charge is 0.361 e. The van der Waals surface area contributed by atoms with Gasteiger partial charge in [0.1, 0.15) is 5.69 Å². The van der Waals surface area contributed by atoms with Crippen LogP contribution >= 0.6 is 11.3 Å². The third-order valence-corrected chi connectivity index (χ3v) is 3.52. The first kappa shape index (κ1) is 11.7. The van der Waals surface area contributed by atoms with Gasteiger partial charge >= 0.3 is 0 Å². The van der Waals surface area contributed by atoms with Gasteiger partial charge in [0.15, 0.2) is 11.6 Å². The Hall–Kier alpha value is -1.75. The number of anilines is 1. The molecule has 0 aliphatic heterocycles. The molecule has 5 heteroatoms. The fraction of sp³-hybridized carbons (Fsp3) is 0.250. The third kappa shape index (κ3) is 2.50. The van der Waals surface area contributed by atoms with Crippen molar-refractivity contribution in [3.05, 3.63) is 29.1 Å². The first-order valence-electron chi connectivity index (χ1n) is 5.20. The van der Waals surface area contributed by atoms with Gasteiger partial charge in [-0.25, -0.2) is 0 Å². The fourth-order valence-electron chi connectivity index (χ4n) is 1.36. The standard InChI is InChI=1S/C12H13N3OS/c1-8(16)10-5-6-11(17-10)9-4-7-12(14-13-9)15(2)3/h4-7H,1-3H3. The molecule has 0 aromatic carbocycles. The minimum atomic E-state index is 0.0825. The highest BCUT2D eigenvalue weighted by Gasteiger charge is 2.08. The van der Waals surface area contributed by atoms with Crippen LogP contribution in [0.1, 0.15) is 16.6 Å². The second-order valence-corrected chi connectivity index (χ2v) is 4.98. The summed E-state index contributed by atoms with van der Waals surface area (Å²) in [5.74, 6) is 0.899. The highest BCUT2D eigenvalue weighted by molar-refractivity contribution is 7.17. The molecule has 17 heavy (non-hydrogen) atoms. The lowest BCUT2D eigenvalue weighted by atomic mass is 10.3. The molecule has 4 nitrogen and oxygen atoms in total. The van der Waals surface area contributed by atoms with E-state index in [9.17, 15) is 4.79 Å². The van der Waals surface area contributed by atoms with E-state index in [1.54, 1.807) is 6.92 Å². The molecule has 0 saturated heterocycles. The summed E-state index contributed by atoms with van der Waals surface area (Å²) in [7, 11) is 3.84. The molecule has 0 atom stereocenters. The van der Waals surface area contributed by atoms with E-state index in [2.05, 4.69) is 10.2 Å². The number of aromatic nitrogens is 2. The van der Waals surface area contributed by atoms with Crippen molar-refractivity contribution in [1.82, 2.24) is 10.2 Å². The van der Waals surface area contributed by atoms with Gasteiger partial charge in [-0.15, -0.1) is 21.5 Å². The maximum atomic E-state index is 11.2. The number of hydrogen-bond donors (Lipinski definition) is 0. The highest BCUT2D eigenvalue weighted by atomic mass is 32.1. The van der Waals surface area contributed by atoms with Crippen molar-refractivity contribution in [2.75, 3.05) is 19.0 Å². The van der Waals surface area contributed by atoms with Crippen molar-refractivity contribution in [3.63, 3.8) is 0 Å². The van der Waals surface area contributed by atoms with Crippen LogP contribution < -0.4 is 4.90 Å². The Morgan fingerprint density at radius 2 is 1.94 bits per heavy atom. The average Bonchev–Trinajstić information content (AvgIpc) is 2.78. The van der Waals surface area contributed by atoms with E-state index < -0.39 is 0 Å². The van der Waals surface area contributed by atoms with Gasteiger partial charge in [0, 0.05) is 14.1 Å². The fourth-order valence-corrected chi connectivity index (χ4v) is 2.23. The van der Waals surface area contributed by atoms with Crippen LogP contribution in [0.15, 0.2) is 24.3 Å². The van der Waals surface area contributed by atoms with Gasteiger partial charge in [0.2, 0.25) is 0 Å². The number of carbonyl (C=O) groups excluding carboxylic acids is 1. The third-order valence-electron chi connectivity index (χ3n) is 2.31. The lowest BCUT2D eigenvalue weighted by Crippen LogP contribution is -2.11. The molecule has 0 aliphatic rings. The predicted octanol–water partition coefficient (Wildman–Crippen LogP) is 2.47. The maximum Gasteiger partial charge on any atom is 0.169 e. The zero-order valence-corrected chi connectivity index (χ0v) is 10.8. The van der Waals surface area contributed by atoms with Crippen molar-refractivity contribution in [1.29, 1.82) is 0 Å². The molecule has 0 amide bonds. The minimum Gasteiger partial charge on any atom is -0.361 e. The van der Waals surface area contributed by atoms with Crippen LogP contribution in [0.2, 0.25) is 0 Å². The lowest BCUT2D eigenvalue weighted by molar-refractivity contribution is 0.102. The Morgan fingerprint density at radius 1 is 1.18 bits per heavy atom. The molecule has 2 aromatic rings. The van der Waals surface area contributed by atoms with Crippen LogP contribution in [0, 0.1) is 0 Å². The summed E-state index contributed by atoms with van der Waals surface area (Å²) < 4.78 is 0. The molecule has 0 spiro atoms. The van der Waals surface area contributed by atoms with Gasteiger partial charge in [-0.3, -0.25) is 4.79 Å². The smallest absolute Gasteiger partial charge is 0.169 e. The molecule has 0 unspecified atom stereocenters. The molecule has 88 valence electrons. The van der Waals surface area contributed by atoms with Crippen LogP contribution in [-0.4, -0.2) is 30.1 Å². The van der Waals surface area contributed by atoms with Crippen molar-refractivity contribution < 1.29 is 4.79 Å². The number of ketones is 1. The maximum absolute atomic E-state index is 11.2. The second kappa shape index (κ2) is 4.63. The molecule has 0 fully saturated rings. The first-order valence-corrected chi connectivity index (χ1v) is 6.02. The molecule has 2 aromatic heterocycles. The Balaban J connectivity index is 2.30. The van der Waals surface area contributed by atoms with Crippen LogP contribution in [0.25, 0.3) is 10.6 Å². The van der Waals surface area contributed by atoms with Crippen LogP contribution in [-0.2, 0) is 0 Å². The van der Waals surface area contributed by atoms with Crippen LogP contribution in [0.3, 0.4) is 0 Å². The molecule has 0 saturated carbocycles. The number of Topliss-reactive ketones (excluding diaryl/α,β-unsaturated/α-hetero) is 1. The van der Waals surface area contributed by atoms with E-state index in [4.69, 9.17) is 0 Å². The van der Waals surface area contributed by atoms with Gasteiger partial charge in [-0.1, -0.05) is 0 Å². The quantitative estimate of drug-likeness (QED) is 0.782. The molecule has 0 radical (unpaired) electrons. The lowest BCUT2D eigenvalue weighted by Gasteiger charge is -2.09. The monoisotopic (exact) mass is 247 g/mol. The number of rotatable bonds is 3. The van der Waals surface area contributed by atoms with E-state index in [1.807, 2.05) is 43.3 Å². The molecule has 0 aliphatic carbocycles. The molecular weight excluding hydrogens is 234 g/mol. The number of carbonyl (C=O) groups is 1. The summed E-state index contributed by atoms with van der Waals surface area (Å²) in [6, 6.07) is 7.55. The zero-order chi connectivity index (χ0) is 12.4. The topological polar surface area (TPSA) is 46.1 Å². The van der Waals surface area contributed by atoms with Crippen LogP contribution in [0.5, 0.6) is 0 Å². The average molecular weight is 247 g/mol. The van der Waals surface area contributed by atoms with Gasteiger partial charge in [0.05, 0.1) is 9.75 Å². The number of thiophene rings is 1. The summed E-state index contributed by atoms with van der Waals surface area (Å²) in [5.41, 5.74) is 0.799. The van der Waals surface area contributed by atoms with Gasteiger partial charge < -0.3 is 4.90 Å². The van der Waals surface area contributed by atoms with Gasteiger partial charge in [-0.05, 0) is 31.2 Å². The van der Waals surface area contributed by atoms with Crippen molar-refractivity contribution in [3.8, 4) is 10.6 Å². The normalized spacial score (nSPS) is 10.3. The number of hydrogen-bond acceptors (Lipinski definition) is 5. The molecular formula is C12H13N3OS. The molecule has 0 bridgehead atoms. The summed E-state index contributed by atoms with van der Waals surface area (Å²) in [6.07, 6.45) is 0. The molecule has 2 heterocycles. The summed E-state index contributed by atoms with van der Waals surface area (Å²) in [4.78, 5) is 14.8. The first-order chi connectivity index (χ1) is 8.08.